The third-order valence-corrected chi connectivity index (χ3v) is 3.72. The van der Waals surface area contributed by atoms with Crippen molar-refractivity contribution in [2.75, 3.05) is 0 Å². The molecule has 0 fully saturated rings. The molecule has 2 nitrogen and oxygen atoms in total. The van der Waals surface area contributed by atoms with Crippen molar-refractivity contribution in [3.63, 3.8) is 0 Å². The molecular weight excluding hydrogens is 485 g/mol. The average Bonchev–Trinajstić information content (AvgIpc) is 2.51. The minimum absolute atomic E-state index is 0.422. The summed E-state index contributed by atoms with van der Waals surface area (Å²) in [6.45, 7) is -0.422. The van der Waals surface area contributed by atoms with Crippen LogP contribution in [0.3, 0.4) is 0 Å². The van der Waals surface area contributed by atoms with E-state index in [-0.39, 0.29) is 0 Å². The van der Waals surface area contributed by atoms with Crippen molar-refractivity contribution in [2.45, 2.75) is 54.6 Å². The van der Waals surface area contributed by atoms with Crippen molar-refractivity contribution >= 4 is 5.91 Å². The minimum atomic E-state index is -8.70. The first-order valence-electron chi connectivity index (χ1n) is 6.61. The highest BCUT2D eigenvalue weighted by atomic mass is 19.4. The van der Waals surface area contributed by atoms with Gasteiger partial charge in [-0.2, -0.15) is 74.6 Å². The molecule has 0 saturated heterocycles. The molecule has 0 radical (unpaired) electrons. The zero-order valence-corrected chi connectivity index (χ0v) is 13.5. The van der Waals surface area contributed by atoms with E-state index in [0.717, 1.165) is 0 Å². The highest BCUT2D eigenvalue weighted by Gasteiger charge is 2.95. The van der Waals surface area contributed by atoms with Gasteiger partial charge in [0.15, 0.2) is 0 Å². The predicted octanol–water partition coefficient (Wildman–Crippen LogP) is 5.12. The lowest BCUT2D eigenvalue weighted by atomic mass is 9.85. The summed E-state index contributed by atoms with van der Waals surface area (Å²) in [6, 6.07) is 0. The molecular formula is C11H6F17NO. The summed E-state index contributed by atoms with van der Waals surface area (Å²) in [5.74, 6) is -63.7. The zero-order valence-electron chi connectivity index (χ0n) is 13.5. The maximum Gasteiger partial charge on any atom is 0.460 e. The van der Waals surface area contributed by atoms with Crippen LogP contribution in [0.2, 0.25) is 0 Å². The van der Waals surface area contributed by atoms with Crippen LogP contribution in [-0.4, -0.2) is 53.5 Å². The summed E-state index contributed by atoms with van der Waals surface area (Å²) in [5.41, 5.74) is 4.05. The molecule has 0 heterocycles. The number of halogens is 17. The van der Waals surface area contributed by atoms with Crippen molar-refractivity contribution < 1.29 is 79.4 Å². The topological polar surface area (TPSA) is 43.1 Å². The zero-order chi connectivity index (χ0) is 25.2. The fraction of sp³-hybridized carbons (Fsp3) is 0.909. The summed E-state index contributed by atoms with van der Waals surface area (Å²) < 4.78 is 219. The first-order chi connectivity index (χ1) is 12.6. The Morgan fingerprint density at radius 1 is 0.533 bits per heavy atom. The molecule has 1 amide bonds. The van der Waals surface area contributed by atoms with E-state index in [4.69, 9.17) is 0 Å². The monoisotopic (exact) mass is 491 g/mol. The van der Waals surface area contributed by atoms with Crippen molar-refractivity contribution in [1.82, 2.24) is 0 Å². The maximum atomic E-state index is 13.4. The Kier molecular flexibility index (Phi) is 6.50. The van der Waals surface area contributed by atoms with Crippen molar-refractivity contribution in [1.29, 1.82) is 0 Å². The number of carbonyl (C=O) groups is 1. The molecule has 0 aliphatic heterocycles. The van der Waals surface area contributed by atoms with Crippen LogP contribution >= 0.6 is 0 Å². The maximum absolute atomic E-state index is 13.4. The number of hydrogen-bond acceptors (Lipinski definition) is 1. The Morgan fingerprint density at radius 2 is 0.767 bits per heavy atom. The standard InChI is InChI=1S/C11H6F17NO/c1-2(3(29)30)4(12,13)5(14,15)6(16,17)7(18,19)8(20,21)9(22,23)10(24,25)11(26,27)28/h2H,1H3,(H2,29,30). The summed E-state index contributed by atoms with van der Waals surface area (Å²) in [4.78, 5) is 10.5. The largest absolute Gasteiger partial charge is 0.460 e. The molecule has 2 N–H and O–H groups in total. The normalized spacial score (nSPS) is 17.1. The number of alkyl halides is 17. The van der Waals surface area contributed by atoms with Gasteiger partial charge in [-0.25, -0.2) is 0 Å². The van der Waals surface area contributed by atoms with Crippen LogP contribution in [0.25, 0.3) is 0 Å². The second-order valence-electron chi connectivity index (χ2n) is 5.69. The van der Waals surface area contributed by atoms with E-state index in [1.54, 1.807) is 0 Å². The highest BCUT2D eigenvalue weighted by molar-refractivity contribution is 5.77. The molecule has 0 aromatic rings. The highest BCUT2D eigenvalue weighted by Crippen LogP contribution is 2.64. The molecule has 19 heteroatoms. The van der Waals surface area contributed by atoms with E-state index in [9.17, 15) is 79.4 Å². The van der Waals surface area contributed by atoms with E-state index in [1.165, 1.54) is 0 Å². The van der Waals surface area contributed by atoms with Crippen LogP contribution in [0.5, 0.6) is 0 Å². The SMILES string of the molecule is CC(C(N)=O)C(F)(F)C(F)(F)C(F)(F)C(F)(F)C(F)(F)C(F)(F)C(F)(F)C(F)(F)F. The van der Waals surface area contributed by atoms with Crippen LogP contribution in [-0.2, 0) is 4.79 Å². The molecule has 0 aromatic heterocycles. The molecule has 0 aliphatic rings. The Balaban J connectivity index is 6.81. The quantitative estimate of drug-likeness (QED) is 0.471. The fourth-order valence-electron chi connectivity index (χ4n) is 1.63. The fourth-order valence-corrected chi connectivity index (χ4v) is 1.63. The Bertz CT molecular complexity index is 663. The molecule has 0 aliphatic carbocycles. The van der Waals surface area contributed by atoms with Gasteiger partial charge in [-0.15, -0.1) is 0 Å². The smallest absolute Gasteiger partial charge is 0.369 e. The van der Waals surface area contributed by atoms with Crippen LogP contribution in [0.15, 0.2) is 0 Å². The Hall–Kier alpha value is -1.72. The number of carbonyl (C=O) groups excluding carboxylic acids is 1. The van der Waals surface area contributed by atoms with Gasteiger partial charge in [-0.1, -0.05) is 0 Å². The van der Waals surface area contributed by atoms with Crippen LogP contribution < -0.4 is 5.73 Å². The second kappa shape index (κ2) is 6.89. The van der Waals surface area contributed by atoms with Crippen LogP contribution in [0.4, 0.5) is 74.6 Å². The van der Waals surface area contributed by atoms with Gasteiger partial charge in [-0.3, -0.25) is 4.79 Å². The molecule has 30 heavy (non-hydrogen) atoms. The third-order valence-electron chi connectivity index (χ3n) is 3.72. The summed E-state index contributed by atoms with van der Waals surface area (Å²) in [6.07, 6.45) is -7.81. The van der Waals surface area contributed by atoms with Gasteiger partial charge in [0.1, 0.15) is 5.92 Å². The van der Waals surface area contributed by atoms with Crippen molar-refractivity contribution in [2.24, 2.45) is 11.7 Å². The lowest BCUT2D eigenvalue weighted by molar-refractivity contribution is -0.462. The number of amides is 1. The van der Waals surface area contributed by atoms with Gasteiger partial charge in [-0.05, 0) is 6.92 Å². The van der Waals surface area contributed by atoms with Crippen molar-refractivity contribution in [3.05, 3.63) is 0 Å². The van der Waals surface area contributed by atoms with E-state index in [0.29, 0.717) is 0 Å². The molecule has 1 unspecified atom stereocenters. The molecule has 0 saturated carbocycles. The van der Waals surface area contributed by atoms with Gasteiger partial charge in [0.05, 0.1) is 0 Å². The van der Waals surface area contributed by atoms with E-state index in [1.807, 2.05) is 0 Å². The first kappa shape index (κ1) is 28.3. The second-order valence-corrected chi connectivity index (χ2v) is 5.69. The number of hydrogen-bond donors (Lipinski definition) is 1. The molecule has 0 spiro atoms. The van der Waals surface area contributed by atoms with Gasteiger partial charge >= 0.3 is 47.6 Å². The molecule has 1 atom stereocenters. The Morgan fingerprint density at radius 3 is 1.00 bits per heavy atom. The number of primary amides is 1. The number of nitrogens with two attached hydrogens (primary N) is 1. The van der Waals surface area contributed by atoms with Gasteiger partial charge in [0.2, 0.25) is 5.91 Å². The average molecular weight is 491 g/mol. The summed E-state index contributed by atoms with van der Waals surface area (Å²) in [7, 11) is 0. The van der Waals surface area contributed by atoms with E-state index < -0.39 is 66.4 Å². The van der Waals surface area contributed by atoms with Gasteiger partial charge in [0, 0.05) is 0 Å². The summed E-state index contributed by atoms with van der Waals surface area (Å²) >= 11 is 0. The minimum Gasteiger partial charge on any atom is -0.369 e. The molecule has 0 bridgehead atoms. The summed E-state index contributed by atoms with van der Waals surface area (Å²) in [5, 5.41) is 0. The van der Waals surface area contributed by atoms with Gasteiger partial charge in [0.25, 0.3) is 0 Å². The number of rotatable bonds is 8. The van der Waals surface area contributed by atoms with Gasteiger partial charge < -0.3 is 5.73 Å². The molecule has 0 rings (SSSR count). The predicted molar refractivity (Wildman–Crippen MR) is 59.0 cm³/mol. The lowest BCUT2D eigenvalue weighted by Crippen LogP contribution is -2.75. The molecule has 0 aromatic carbocycles. The lowest BCUT2D eigenvalue weighted by Gasteiger charge is -2.43. The first-order valence-corrected chi connectivity index (χ1v) is 6.61. The molecule has 180 valence electrons. The Labute approximate surface area is 153 Å². The van der Waals surface area contributed by atoms with Crippen molar-refractivity contribution in [3.8, 4) is 0 Å². The van der Waals surface area contributed by atoms with E-state index in [2.05, 4.69) is 5.73 Å². The third kappa shape index (κ3) is 3.31. The van der Waals surface area contributed by atoms with Crippen LogP contribution in [0.1, 0.15) is 6.92 Å². The van der Waals surface area contributed by atoms with E-state index >= 15 is 0 Å². The van der Waals surface area contributed by atoms with Crippen LogP contribution in [0, 0.1) is 5.92 Å².